The maximum absolute atomic E-state index is 11.1. The van der Waals surface area contributed by atoms with Gasteiger partial charge in [-0.25, -0.2) is 0 Å². The van der Waals surface area contributed by atoms with Crippen molar-refractivity contribution in [2.75, 3.05) is 19.8 Å². The molecule has 0 aromatic heterocycles. The van der Waals surface area contributed by atoms with Crippen LogP contribution in [0.4, 0.5) is 0 Å². The fraction of sp³-hybridized carbons (Fsp3) is 0.818. The summed E-state index contributed by atoms with van der Waals surface area (Å²) in [5.74, 6) is 0.421. The largest absolute Gasteiger partial charge is 0.381 e. The molecule has 86 valence electrons. The Hall–Kier alpha value is -0.900. The number of carbonyl (C=O) groups excluding carboxylic acids is 2. The van der Waals surface area contributed by atoms with Gasteiger partial charge in [-0.1, -0.05) is 0 Å². The molecule has 1 saturated heterocycles. The summed E-state index contributed by atoms with van der Waals surface area (Å²) in [5, 5.41) is 2.76. The number of nitrogens with one attached hydrogen (secondary N) is 1. The van der Waals surface area contributed by atoms with E-state index in [4.69, 9.17) is 4.74 Å². The van der Waals surface area contributed by atoms with Crippen molar-refractivity contribution in [3.05, 3.63) is 0 Å². The van der Waals surface area contributed by atoms with Crippen molar-refractivity contribution in [3.63, 3.8) is 0 Å². The van der Waals surface area contributed by atoms with Crippen LogP contribution in [0.15, 0.2) is 0 Å². The number of carbonyl (C=O) groups is 2. The lowest BCUT2D eigenvalue weighted by molar-refractivity contribution is -0.127. The van der Waals surface area contributed by atoms with E-state index >= 15 is 0 Å². The monoisotopic (exact) mass is 213 g/mol. The van der Waals surface area contributed by atoms with Gasteiger partial charge in [-0.2, -0.15) is 0 Å². The summed E-state index contributed by atoms with van der Waals surface area (Å²) in [4.78, 5) is 21.8. The first-order valence-electron chi connectivity index (χ1n) is 5.52. The molecular formula is C11H19NO3. The number of amides is 1. The zero-order valence-electron chi connectivity index (χ0n) is 9.25. The Labute approximate surface area is 90.4 Å². The fourth-order valence-electron chi connectivity index (χ4n) is 1.74. The first kappa shape index (κ1) is 12.2. The Balaban J connectivity index is 2.04. The average molecular weight is 213 g/mol. The predicted octanol–water partition coefficient (Wildman–Crippen LogP) is 0.898. The molecule has 1 N–H and O–H groups in total. The second-order valence-electron chi connectivity index (χ2n) is 4.07. The molecule has 1 rings (SSSR count). The zero-order valence-corrected chi connectivity index (χ0v) is 9.25. The minimum absolute atomic E-state index is 0.00772. The first-order valence-corrected chi connectivity index (χ1v) is 5.52. The molecule has 0 aromatic rings. The van der Waals surface area contributed by atoms with Crippen LogP contribution in [0.2, 0.25) is 0 Å². The normalized spacial score (nSPS) is 17.4. The molecule has 0 unspecified atom stereocenters. The summed E-state index contributed by atoms with van der Waals surface area (Å²) < 4.78 is 5.25. The summed E-state index contributed by atoms with van der Waals surface area (Å²) in [6, 6.07) is 0. The molecule has 4 nitrogen and oxygen atoms in total. The van der Waals surface area contributed by atoms with Crippen molar-refractivity contribution in [3.8, 4) is 0 Å². The van der Waals surface area contributed by atoms with Crippen LogP contribution in [0.5, 0.6) is 0 Å². The van der Waals surface area contributed by atoms with Gasteiger partial charge in [0, 0.05) is 19.8 Å². The van der Waals surface area contributed by atoms with Crippen LogP contribution in [0.1, 0.15) is 32.6 Å². The topological polar surface area (TPSA) is 55.4 Å². The minimum atomic E-state index is -0.158. The van der Waals surface area contributed by atoms with Crippen LogP contribution in [-0.4, -0.2) is 31.4 Å². The maximum Gasteiger partial charge on any atom is 0.227 e. The first-order chi connectivity index (χ1) is 7.18. The molecule has 1 heterocycles. The van der Waals surface area contributed by atoms with E-state index in [1.165, 1.54) is 6.92 Å². The summed E-state index contributed by atoms with van der Waals surface area (Å²) in [7, 11) is 0. The van der Waals surface area contributed by atoms with Gasteiger partial charge in [0.1, 0.15) is 5.78 Å². The van der Waals surface area contributed by atoms with Gasteiger partial charge in [0.15, 0.2) is 0 Å². The molecule has 15 heavy (non-hydrogen) atoms. The summed E-state index contributed by atoms with van der Waals surface area (Å²) in [6.07, 6.45) is 3.17. The van der Waals surface area contributed by atoms with Crippen molar-refractivity contribution < 1.29 is 14.3 Å². The Morgan fingerprint density at radius 2 is 2.00 bits per heavy atom. The highest BCUT2D eigenvalue weighted by atomic mass is 16.5. The Morgan fingerprint density at radius 1 is 1.33 bits per heavy atom. The number of hydrogen-bond acceptors (Lipinski definition) is 3. The molecule has 0 aliphatic carbocycles. The highest BCUT2D eigenvalue weighted by molar-refractivity contribution is 5.96. The van der Waals surface area contributed by atoms with Crippen LogP contribution in [0.25, 0.3) is 0 Å². The number of ether oxygens (including phenoxy) is 1. The van der Waals surface area contributed by atoms with Crippen LogP contribution >= 0.6 is 0 Å². The third-order valence-corrected chi connectivity index (χ3v) is 2.63. The number of ketones is 1. The fourth-order valence-corrected chi connectivity index (χ4v) is 1.74. The minimum Gasteiger partial charge on any atom is -0.381 e. The van der Waals surface area contributed by atoms with Crippen molar-refractivity contribution in [2.45, 2.75) is 32.6 Å². The van der Waals surface area contributed by atoms with Crippen molar-refractivity contribution >= 4 is 11.7 Å². The van der Waals surface area contributed by atoms with Gasteiger partial charge in [0.2, 0.25) is 5.91 Å². The van der Waals surface area contributed by atoms with E-state index in [9.17, 15) is 9.59 Å². The highest BCUT2D eigenvalue weighted by Gasteiger charge is 2.13. The smallest absolute Gasteiger partial charge is 0.227 e. The van der Waals surface area contributed by atoms with E-state index < -0.39 is 0 Å². The van der Waals surface area contributed by atoms with Crippen LogP contribution < -0.4 is 5.32 Å². The highest BCUT2D eigenvalue weighted by Crippen LogP contribution is 2.17. The molecule has 1 aliphatic rings. The van der Waals surface area contributed by atoms with Gasteiger partial charge >= 0.3 is 0 Å². The van der Waals surface area contributed by atoms with Gasteiger partial charge < -0.3 is 10.1 Å². The van der Waals surface area contributed by atoms with E-state index in [0.717, 1.165) is 32.5 Å². The van der Waals surface area contributed by atoms with Gasteiger partial charge in [-0.05, 0) is 32.1 Å². The summed E-state index contributed by atoms with van der Waals surface area (Å²) in [5.41, 5.74) is 0. The molecule has 0 spiro atoms. The van der Waals surface area contributed by atoms with Crippen LogP contribution in [-0.2, 0) is 14.3 Å². The van der Waals surface area contributed by atoms with Crippen molar-refractivity contribution in [2.24, 2.45) is 5.92 Å². The molecule has 0 saturated carbocycles. The molecule has 4 heteroatoms. The number of Topliss-reactive ketones (excluding diaryl/α,β-unsaturated/α-hetero) is 1. The predicted molar refractivity (Wildman–Crippen MR) is 56.5 cm³/mol. The lowest BCUT2D eigenvalue weighted by Gasteiger charge is -2.21. The molecule has 1 aliphatic heterocycles. The second kappa shape index (κ2) is 6.56. The Bertz CT molecular complexity index is 222. The lowest BCUT2D eigenvalue weighted by atomic mass is 9.97. The Morgan fingerprint density at radius 3 is 2.60 bits per heavy atom. The van der Waals surface area contributed by atoms with E-state index in [2.05, 4.69) is 5.32 Å². The van der Waals surface area contributed by atoms with E-state index in [0.29, 0.717) is 12.5 Å². The maximum atomic E-state index is 11.1. The lowest BCUT2D eigenvalue weighted by Crippen LogP contribution is -2.28. The van der Waals surface area contributed by atoms with Crippen molar-refractivity contribution in [1.29, 1.82) is 0 Å². The SMILES string of the molecule is CC(=O)CC(=O)NCCC1CCOCC1. The molecular weight excluding hydrogens is 194 g/mol. The molecule has 0 radical (unpaired) electrons. The molecule has 0 atom stereocenters. The molecule has 0 aromatic carbocycles. The summed E-state index contributed by atoms with van der Waals surface area (Å²) >= 11 is 0. The van der Waals surface area contributed by atoms with Gasteiger partial charge in [0.25, 0.3) is 0 Å². The van der Waals surface area contributed by atoms with Gasteiger partial charge in [0.05, 0.1) is 6.42 Å². The van der Waals surface area contributed by atoms with Crippen LogP contribution in [0, 0.1) is 5.92 Å². The van der Waals surface area contributed by atoms with Crippen LogP contribution in [0.3, 0.4) is 0 Å². The second-order valence-corrected chi connectivity index (χ2v) is 4.07. The van der Waals surface area contributed by atoms with E-state index in [1.807, 2.05) is 0 Å². The molecule has 1 amide bonds. The van der Waals surface area contributed by atoms with Gasteiger partial charge in [-0.3, -0.25) is 9.59 Å². The third-order valence-electron chi connectivity index (χ3n) is 2.63. The average Bonchev–Trinajstić information content (AvgIpc) is 2.18. The zero-order chi connectivity index (χ0) is 11.1. The number of rotatable bonds is 5. The van der Waals surface area contributed by atoms with Crippen molar-refractivity contribution in [1.82, 2.24) is 5.32 Å². The van der Waals surface area contributed by atoms with E-state index in [1.54, 1.807) is 0 Å². The molecule has 0 bridgehead atoms. The standard InChI is InChI=1S/C11H19NO3/c1-9(13)8-11(14)12-5-2-10-3-6-15-7-4-10/h10H,2-8H2,1H3,(H,12,14). The number of hydrogen-bond donors (Lipinski definition) is 1. The van der Waals surface area contributed by atoms with E-state index in [-0.39, 0.29) is 18.1 Å². The van der Waals surface area contributed by atoms with Gasteiger partial charge in [-0.15, -0.1) is 0 Å². The quantitative estimate of drug-likeness (QED) is 0.690. The summed E-state index contributed by atoms with van der Waals surface area (Å²) in [6.45, 7) is 3.78. The molecule has 1 fully saturated rings. The Kier molecular flexibility index (Phi) is 5.32. The third kappa shape index (κ3) is 5.52.